The molecule has 1 N–H and O–H groups in total. The quantitative estimate of drug-likeness (QED) is 0.505. The summed E-state index contributed by atoms with van der Waals surface area (Å²) in [6.45, 7) is 3.57. The summed E-state index contributed by atoms with van der Waals surface area (Å²) < 4.78 is 0. The molecule has 66 valence electrons. The molecule has 1 rings (SSSR count). The first kappa shape index (κ1) is 9.04. The lowest BCUT2D eigenvalue weighted by Gasteiger charge is -2.09. The zero-order valence-corrected chi connectivity index (χ0v) is 7.12. The number of hydrogen-bond donors (Lipinski definition) is 1. The first-order chi connectivity index (χ1) is 5.72. The van der Waals surface area contributed by atoms with Gasteiger partial charge in [-0.1, -0.05) is 25.2 Å². The lowest BCUT2D eigenvalue weighted by molar-refractivity contribution is -0.133. The molecular formula is C10H14O2. The normalized spacial score (nSPS) is 23.2. The third kappa shape index (κ3) is 2.22. The summed E-state index contributed by atoms with van der Waals surface area (Å²) in [5.74, 6) is -0.809. The van der Waals surface area contributed by atoms with E-state index in [2.05, 4.69) is 12.7 Å². The number of allylic oxidation sites excluding steroid dienone is 2. The Balaban J connectivity index is 2.60. The smallest absolute Gasteiger partial charge is 0.331 e. The number of carbonyl (C=O) groups is 1. The van der Waals surface area contributed by atoms with Gasteiger partial charge in [0.2, 0.25) is 0 Å². The van der Waals surface area contributed by atoms with Crippen molar-refractivity contribution in [1.82, 2.24) is 0 Å². The average molecular weight is 166 g/mol. The van der Waals surface area contributed by atoms with E-state index in [4.69, 9.17) is 5.11 Å². The molecule has 0 aliphatic heterocycles. The van der Waals surface area contributed by atoms with Crippen molar-refractivity contribution in [1.29, 1.82) is 0 Å². The Kier molecular flexibility index (Phi) is 3.09. The van der Waals surface area contributed by atoms with Gasteiger partial charge in [-0.15, -0.1) is 0 Å². The van der Waals surface area contributed by atoms with Gasteiger partial charge in [0.15, 0.2) is 0 Å². The number of carboxylic acid groups (broad SMARTS) is 1. The molecule has 0 spiro atoms. The Morgan fingerprint density at radius 1 is 1.50 bits per heavy atom. The van der Waals surface area contributed by atoms with Gasteiger partial charge in [0.25, 0.3) is 0 Å². The fourth-order valence-corrected chi connectivity index (χ4v) is 1.43. The first-order valence-corrected chi connectivity index (χ1v) is 4.30. The molecule has 1 aliphatic carbocycles. The largest absolute Gasteiger partial charge is 0.478 e. The van der Waals surface area contributed by atoms with Gasteiger partial charge in [-0.3, -0.25) is 0 Å². The van der Waals surface area contributed by atoms with E-state index in [0.29, 0.717) is 5.57 Å². The molecule has 1 aliphatic rings. The van der Waals surface area contributed by atoms with Crippen molar-refractivity contribution in [3.05, 3.63) is 24.3 Å². The topological polar surface area (TPSA) is 37.3 Å². The van der Waals surface area contributed by atoms with Gasteiger partial charge in [0, 0.05) is 11.5 Å². The van der Waals surface area contributed by atoms with Crippen molar-refractivity contribution in [3.63, 3.8) is 0 Å². The molecule has 0 aromatic heterocycles. The molecule has 0 saturated carbocycles. The number of carboxylic acids is 1. The maximum atomic E-state index is 10.6. The summed E-state index contributed by atoms with van der Waals surface area (Å²) in [5.41, 5.74) is 0.327. The van der Waals surface area contributed by atoms with E-state index in [0.717, 1.165) is 19.3 Å². The van der Waals surface area contributed by atoms with Crippen molar-refractivity contribution in [2.75, 3.05) is 0 Å². The SMILES string of the molecule is C=C(C(=O)O)C1C=CCCCC1. The molecule has 0 radical (unpaired) electrons. The van der Waals surface area contributed by atoms with Crippen LogP contribution in [0, 0.1) is 5.92 Å². The van der Waals surface area contributed by atoms with Gasteiger partial charge in [-0.05, 0) is 19.3 Å². The van der Waals surface area contributed by atoms with Crippen LogP contribution in [0.1, 0.15) is 25.7 Å². The van der Waals surface area contributed by atoms with E-state index >= 15 is 0 Å². The van der Waals surface area contributed by atoms with Crippen LogP contribution >= 0.6 is 0 Å². The Bertz CT molecular complexity index is 216. The second-order valence-corrected chi connectivity index (χ2v) is 3.15. The van der Waals surface area contributed by atoms with Gasteiger partial charge in [-0.25, -0.2) is 4.79 Å². The van der Waals surface area contributed by atoms with Crippen molar-refractivity contribution in [2.45, 2.75) is 25.7 Å². The number of rotatable bonds is 2. The van der Waals surface area contributed by atoms with Crippen LogP contribution in [0.25, 0.3) is 0 Å². The van der Waals surface area contributed by atoms with E-state index in [1.54, 1.807) is 0 Å². The molecule has 1 atom stereocenters. The Morgan fingerprint density at radius 2 is 2.25 bits per heavy atom. The standard InChI is InChI=1S/C10H14O2/c1-8(10(11)12)9-6-4-2-3-5-7-9/h4,6,9H,1-3,5,7H2,(H,11,12). The lowest BCUT2D eigenvalue weighted by atomic mass is 9.96. The van der Waals surface area contributed by atoms with Crippen LogP contribution in [0.4, 0.5) is 0 Å². The van der Waals surface area contributed by atoms with Gasteiger partial charge in [0.05, 0.1) is 0 Å². The minimum Gasteiger partial charge on any atom is -0.478 e. The molecule has 0 saturated heterocycles. The highest BCUT2D eigenvalue weighted by atomic mass is 16.4. The van der Waals surface area contributed by atoms with E-state index in [-0.39, 0.29) is 5.92 Å². The summed E-state index contributed by atoms with van der Waals surface area (Å²) in [6, 6.07) is 0. The van der Waals surface area contributed by atoms with Gasteiger partial charge < -0.3 is 5.11 Å². The summed E-state index contributed by atoms with van der Waals surface area (Å²) in [7, 11) is 0. The number of aliphatic carboxylic acids is 1. The van der Waals surface area contributed by atoms with Gasteiger partial charge >= 0.3 is 5.97 Å². The molecule has 0 bridgehead atoms. The number of hydrogen-bond acceptors (Lipinski definition) is 1. The van der Waals surface area contributed by atoms with Crippen LogP contribution in [0.15, 0.2) is 24.3 Å². The molecular weight excluding hydrogens is 152 g/mol. The minimum absolute atomic E-state index is 0.0602. The Labute approximate surface area is 72.6 Å². The van der Waals surface area contributed by atoms with Gasteiger partial charge in [-0.2, -0.15) is 0 Å². The summed E-state index contributed by atoms with van der Waals surface area (Å²) in [6.07, 6.45) is 8.31. The predicted octanol–water partition coefficient (Wildman–Crippen LogP) is 2.37. The molecule has 2 heteroatoms. The highest BCUT2D eigenvalue weighted by Crippen LogP contribution is 2.22. The van der Waals surface area contributed by atoms with Crippen molar-refractivity contribution < 1.29 is 9.90 Å². The van der Waals surface area contributed by atoms with E-state index < -0.39 is 5.97 Å². The Morgan fingerprint density at radius 3 is 2.92 bits per heavy atom. The molecule has 12 heavy (non-hydrogen) atoms. The van der Waals surface area contributed by atoms with Crippen LogP contribution in [0.2, 0.25) is 0 Å². The monoisotopic (exact) mass is 166 g/mol. The second-order valence-electron chi connectivity index (χ2n) is 3.15. The van der Waals surface area contributed by atoms with E-state index in [9.17, 15) is 4.79 Å². The third-order valence-corrected chi connectivity index (χ3v) is 2.23. The summed E-state index contributed by atoms with van der Waals surface area (Å²) in [4.78, 5) is 10.6. The predicted molar refractivity (Wildman–Crippen MR) is 47.9 cm³/mol. The molecule has 0 aromatic carbocycles. The zero-order valence-electron chi connectivity index (χ0n) is 7.12. The minimum atomic E-state index is -0.869. The van der Waals surface area contributed by atoms with E-state index in [1.165, 1.54) is 6.42 Å². The fraction of sp³-hybridized carbons (Fsp3) is 0.500. The highest BCUT2D eigenvalue weighted by Gasteiger charge is 2.16. The second kappa shape index (κ2) is 4.10. The average Bonchev–Trinajstić information content (AvgIpc) is 2.30. The summed E-state index contributed by atoms with van der Waals surface area (Å²) in [5, 5.41) is 8.69. The van der Waals surface area contributed by atoms with Crippen LogP contribution < -0.4 is 0 Å². The fourth-order valence-electron chi connectivity index (χ4n) is 1.43. The third-order valence-electron chi connectivity index (χ3n) is 2.23. The van der Waals surface area contributed by atoms with Crippen molar-refractivity contribution >= 4 is 5.97 Å². The summed E-state index contributed by atoms with van der Waals surface area (Å²) >= 11 is 0. The molecule has 0 heterocycles. The molecule has 1 unspecified atom stereocenters. The van der Waals surface area contributed by atoms with Crippen LogP contribution in [0.5, 0.6) is 0 Å². The lowest BCUT2D eigenvalue weighted by Crippen LogP contribution is -2.08. The molecule has 0 fully saturated rings. The van der Waals surface area contributed by atoms with E-state index in [1.807, 2.05) is 6.08 Å². The molecule has 0 aromatic rings. The van der Waals surface area contributed by atoms with Crippen LogP contribution in [0.3, 0.4) is 0 Å². The molecule has 0 amide bonds. The first-order valence-electron chi connectivity index (χ1n) is 4.30. The van der Waals surface area contributed by atoms with Gasteiger partial charge in [0.1, 0.15) is 0 Å². The highest BCUT2D eigenvalue weighted by molar-refractivity contribution is 5.86. The van der Waals surface area contributed by atoms with Crippen molar-refractivity contribution in [3.8, 4) is 0 Å². The molecule has 2 nitrogen and oxygen atoms in total. The zero-order chi connectivity index (χ0) is 8.97. The van der Waals surface area contributed by atoms with Crippen LogP contribution in [-0.4, -0.2) is 11.1 Å². The maximum absolute atomic E-state index is 10.6. The Hall–Kier alpha value is -1.05. The van der Waals surface area contributed by atoms with Crippen LogP contribution in [-0.2, 0) is 4.79 Å². The van der Waals surface area contributed by atoms with Crippen molar-refractivity contribution in [2.24, 2.45) is 5.92 Å². The maximum Gasteiger partial charge on any atom is 0.331 e.